The number of non-ortho nitro benzene ring substituents is 1. The summed E-state index contributed by atoms with van der Waals surface area (Å²) in [5.41, 5.74) is 1.38. The number of ether oxygens (including phenoxy) is 2. The first-order chi connectivity index (χ1) is 21.2. The largest absolute Gasteiger partial charge is 0.466 e. The lowest BCUT2D eigenvalue weighted by Gasteiger charge is -2.44. The highest BCUT2D eigenvalue weighted by atomic mass is 32.1. The summed E-state index contributed by atoms with van der Waals surface area (Å²) < 4.78 is 10.5. The van der Waals surface area contributed by atoms with Crippen LogP contribution in [0.2, 0.25) is 0 Å². The number of carbonyl (C=O) groups is 3. The van der Waals surface area contributed by atoms with Crippen LogP contribution in [-0.4, -0.2) is 83.2 Å². The number of nitrogens with zero attached hydrogens (tertiary/aromatic N) is 4. The second-order valence-electron chi connectivity index (χ2n) is 10.7. The summed E-state index contributed by atoms with van der Waals surface area (Å²) in [4.78, 5) is 51.5. The van der Waals surface area contributed by atoms with E-state index in [4.69, 9.17) is 21.7 Å². The van der Waals surface area contributed by atoms with E-state index in [2.05, 4.69) is 10.2 Å². The lowest BCUT2D eigenvalue weighted by Crippen LogP contribution is -2.56. The predicted octanol–water partition coefficient (Wildman–Crippen LogP) is 3.63. The van der Waals surface area contributed by atoms with Crippen molar-refractivity contribution in [3.8, 4) is 0 Å². The van der Waals surface area contributed by atoms with Crippen LogP contribution < -0.4 is 5.32 Å². The molecule has 4 rings (SSSR count). The van der Waals surface area contributed by atoms with Gasteiger partial charge in [0, 0.05) is 24.4 Å². The molecular formula is C31H37N5O7S. The van der Waals surface area contributed by atoms with E-state index in [9.17, 15) is 24.5 Å². The molecule has 1 unspecified atom stereocenters. The number of benzene rings is 2. The molecule has 0 spiro atoms. The van der Waals surface area contributed by atoms with Crippen LogP contribution in [0, 0.1) is 10.1 Å². The summed E-state index contributed by atoms with van der Waals surface area (Å²) in [6.07, 6.45) is 2.46. The van der Waals surface area contributed by atoms with Crippen molar-refractivity contribution in [3.05, 3.63) is 87.1 Å². The molecule has 2 aliphatic heterocycles. The normalized spacial score (nSPS) is 18.3. The third-order valence-corrected chi connectivity index (χ3v) is 8.50. The Balaban J connectivity index is 1.49. The van der Waals surface area contributed by atoms with Gasteiger partial charge in [0.2, 0.25) is 6.41 Å². The molecule has 2 aliphatic rings. The summed E-state index contributed by atoms with van der Waals surface area (Å²) >= 11 is 5.63. The van der Waals surface area contributed by atoms with Crippen LogP contribution in [0.4, 0.5) is 5.69 Å². The average Bonchev–Trinajstić information content (AvgIpc) is 3.03. The minimum atomic E-state index is -0.853. The number of hydrogen-bond donors (Lipinski definition) is 1. The standard InChI is InChI=1S/C31H37N5O7S/c1-4-43-29(39)31(24-9-6-5-7-10-24)15-19-33(20-16-31)17-8-18-34(21-37)35-27(23-11-13-25(14-12-23)36(40)41)26(28(38)42-3)22(2)32-30(35)44/h5-7,9-14,21,27H,4,8,15-20H2,1-3H3,(H,32,44). The van der Waals surface area contributed by atoms with Gasteiger partial charge in [-0.2, -0.15) is 0 Å². The number of nitro benzene ring substituents is 1. The van der Waals surface area contributed by atoms with E-state index in [1.807, 2.05) is 37.3 Å². The zero-order chi connectivity index (χ0) is 31.9. The highest BCUT2D eigenvalue weighted by molar-refractivity contribution is 7.80. The van der Waals surface area contributed by atoms with E-state index in [0.717, 1.165) is 5.56 Å². The van der Waals surface area contributed by atoms with Crippen molar-refractivity contribution < 1.29 is 28.8 Å². The Kier molecular flexibility index (Phi) is 10.7. The molecule has 0 aliphatic carbocycles. The van der Waals surface area contributed by atoms with E-state index in [0.29, 0.717) is 63.2 Å². The van der Waals surface area contributed by atoms with Crippen molar-refractivity contribution in [2.75, 3.05) is 39.9 Å². The number of thiocarbonyl (C=S) groups is 1. The molecular weight excluding hydrogens is 586 g/mol. The van der Waals surface area contributed by atoms with Gasteiger partial charge in [-0.1, -0.05) is 30.3 Å². The minimum Gasteiger partial charge on any atom is -0.466 e. The fraction of sp³-hybridized carbons (Fsp3) is 0.419. The molecule has 1 N–H and O–H groups in total. The van der Waals surface area contributed by atoms with Crippen LogP contribution >= 0.6 is 12.2 Å². The van der Waals surface area contributed by atoms with Gasteiger partial charge in [0.1, 0.15) is 6.04 Å². The number of hydrazine groups is 1. The first-order valence-corrected chi connectivity index (χ1v) is 14.9. The molecule has 1 fully saturated rings. The van der Waals surface area contributed by atoms with Crippen LogP contribution in [0.5, 0.6) is 0 Å². The summed E-state index contributed by atoms with van der Waals surface area (Å²) in [5, 5.41) is 17.4. The molecule has 2 aromatic carbocycles. The van der Waals surface area contributed by atoms with Crippen molar-refractivity contribution >= 4 is 41.4 Å². The highest BCUT2D eigenvalue weighted by Crippen LogP contribution is 2.38. The number of rotatable bonds is 12. The number of nitrogens with one attached hydrogen (secondary N) is 1. The number of piperidine rings is 1. The Morgan fingerprint density at radius 3 is 2.39 bits per heavy atom. The van der Waals surface area contributed by atoms with E-state index in [-0.39, 0.29) is 28.9 Å². The zero-order valence-corrected chi connectivity index (χ0v) is 25.9. The number of likely N-dealkylation sites (tertiary alicyclic amines) is 1. The zero-order valence-electron chi connectivity index (χ0n) is 25.1. The molecule has 0 radical (unpaired) electrons. The molecule has 2 aromatic rings. The molecule has 0 aromatic heterocycles. The van der Waals surface area contributed by atoms with Gasteiger partial charge in [0.15, 0.2) is 5.11 Å². The Hall–Kier alpha value is -4.36. The number of nitro groups is 1. The maximum Gasteiger partial charge on any atom is 0.338 e. The summed E-state index contributed by atoms with van der Waals surface area (Å²) in [6.45, 7) is 6.11. The van der Waals surface area contributed by atoms with Gasteiger partial charge in [-0.05, 0) is 88.2 Å². The molecule has 44 heavy (non-hydrogen) atoms. The van der Waals surface area contributed by atoms with Crippen LogP contribution in [0.3, 0.4) is 0 Å². The lowest BCUT2D eigenvalue weighted by molar-refractivity contribution is -0.384. The Bertz CT molecular complexity index is 1410. The van der Waals surface area contributed by atoms with Gasteiger partial charge in [-0.3, -0.25) is 24.7 Å². The monoisotopic (exact) mass is 623 g/mol. The maximum atomic E-state index is 13.1. The lowest BCUT2D eigenvalue weighted by atomic mass is 9.72. The fourth-order valence-corrected chi connectivity index (χ4v) is 6.28. The number of hydrogen-bond acceptors (Lipinski definition) is 9. The first kappa shape index (κ1) is 32.6. The molecule has 1 amide bonds. The summed E-state index contributed by atoms with van der Waals surface area (Å²) in [7, 11) is 1.26. The smallest absolute Gasteiger partial charge is 0.338 e. The molecule has 13 heteroatoms. The molecule has 1 saturated heterocycles. The average molecular weight is 624 g/mol. The molecule has 234 valence electrons. The van der Waals surface area contributed by atoms with Crippen LogP contribution in [-0.2, 0) is 29.3 Å². The summed E-state index contributed by atoms with van der Waals surface area (Å²) in [6, 6.07) is 14.7. The quantitative estimate of drug-likeness (QED) is 0.122. The summed E-state index contributed by atoms with van der Waals surface area (Å²) in [5.74, 6) is -0.820. The highest BCUT2D eigenvalue weighted by Gasteiger charge is 2.44. The predicted molar refractivity (Wildman–Crippen MR) is 166 cm³/mol. The van der Waals surface area contributed by atoms with Crippen molar-refractivity contribution in [1.82, 2.24) is 20.2 Å². The van der Waals surface area contributed by atoms with Crippen LogP contribution in [0.1, 0.15) is 50.3 Å². The number of methoxy groups -OCH3 is 1. The van der Waals surface area contributed by atoms with E-state index < -0.39 is 22.3 Å². The first-order valence-electron chi connectivity index (χ1n) is 14.5. The van der Waals surface area contributed by atoms with Gasteiger partial charge >= 0.3 is 11.9 Å². The number of carbonyl (C=O) groups excluding carboxylic acids is 3. The third kappa shape index (κ3) is 6.73. The van der Waals surface area contributed by atoms with Crippen molar-refractivity contribution in [3.63, 3.8) is 0 Å². The second-order valence-corrected chi connectivity index (χ2v) is 11.1. The molecule has 0 saturated carbocycles. The van der Waals surface area contributed by atoms with Gasteiger partial charge in [0.25, 0.3) is 5.69 Å². The van der Waals surface area contributed by atoms with E-state index in [1.54, 1.807) is 19.1 Å². The second kappa shape index (κ2) is 14.4. The van der Waals surface area contributed by atoms with Gasteiger partial charge in [0.05, 0.1) is 29.6 Å². The molecule has 0 bridgehead atoms. The Morgan fingerprint density at radius 2 is 1.82 bits per heavy atom. The van der Waals surface area contributed by atoms with Gasteiger partial charge < -0.3 is 19.7 Å². The number of allylic oxidation sites excluding steroid dienone is 1. The Morgan fingerprint density at radius 1 is 1.16 bits per heavy atom. The maximum absolute atomic E-state index is 13.1. The molecule has 2 heterocycles. The van der Waals surface area contributed by atoms with Crippen LogP contribution in [0.25, 0.3) is 0 Å². The van der Waals surface area contributed by atoms with Gasteiger partial charge in [-0.25, -0.2) is 9.80 Å². The topological polar surface area (TPSA) is 135 Å². The van der Waals surface area contributed by atoms with Gasteiger partial charge in [-0.15, -0.1) is 0 Å². The van der Waals surface area contributed by atoms with Crippen molar-refractivity contribution in [2.45, 2.75) is 44.6 Å². The van der Waals surface area contributed by atoms with Crippen molar-refractivity contribution in [1.29, 1.82) is 0 Å². The fourth-order valence-electron chi connectivity index (χ4n) is 5.92. The van der Waals surface area contributed by atoms with Crippen molar-refractivity contribution in [2.24, 2.45) is 0 Å². The third-order valence-electron chi connectivity index (χ3n) is 8.21. The van der Waals surface area contributed by atoms with E-state index in [1.165, 1.54) is 29.3 Å². The SMILES string of the molecule is CCOC(=O)C1(c2ccccc2)CCN(CCCN(C=O)N2C(=S)NC(C)=C(C(=O)OC)C2c2ccc([N+](=O)[O-])cc2)CC1. The number of amides is 1. The Labute approximate surface area is 261 Å². The number of esters is 2. The molecule has 1 atom stereocenters. The minimum absolute atomic E-state index is 0.106. The van der Waals surface area contributed by atoms with E-state index >= 15 is 0 Å². The van der Waals surface area contributed by atoms with Crippen LogP contribution in [0.15, 0.2) is 65.9 Å². The molecule has 12 nitrogen and oxygen atoms in total.